The summed E-state index contributed by atoms with van der Waals surface area (Å²) in [5.41, 5.74) is 5.58. The predicted octanol–water partition coefficient (Wildman–Crippen LogP) is 4.29. The number of aromatic nitrogens is 5. The molecule has 0 saturated carbocycles. The first-order chi connectivity index (χ1) is 14.9. The monoisotopic (exact) mass is 412 g/mol. The zero-order chi connectivity index (χ0) is 21.7. The number of nitrogens with zero attached hydrogens (tertiary/aromatic N) is 5. The Morgan fingerprint density at radius 2 is 1.97 bits per heavy atom. The van der Waals surface area contributed by atoms with Crippen molar-refractivity contribution in [1.29, 1.82) is 0 Å². The second-order valence-corrected chi connectivity index (χ2v) is 7.45. The van der Waals surface area contributed by atoms with Crippen LogP contribution < -0.4 is 4.90 Å². The first kappa shape index (κ1) is 18.8. The lowest BCUT2D eigenvalue weighted by Gasteiger charge is -2.20. The Bertz CT molecular complexity index is 1470. The van der Waals surface area contributed by atoms with Gasteiger partial charge >= 0.3 is 5.97 Å². The molecule has 0 aliphatic heterocycles. The Kier molecular flexibility index (Phi) is 4.21. The minimum Gasteiger partial charge on any atom is -0.478 e. The number of nitrogens with one attached hydrogen (secondary N) is 1. The molecule has 0 saturated heterocycles. The molecule has 0 radical (unpaired) electrons. The SMILES string of the molecule is Cc1cccc(N(C)c2cccc3c(-c4cc5nccc(C(=O)O)c5[nH]4)nn(C)c23)n1. The summed E-state index contributed by atoms with van der Waals surface area (Å²) in [4.78, 5) is 25.8. The van der Waals surface area contributed by atoms with E-state index in [1.807, 2.05) is 73.1 Å². The maximum Gasteiger partial charge on any atom is 0.337 e. The van der Waals surface area contributed by atoms with Crippen molar-refractivity contribution >= 4 is 39.4 Å². The van der Waals surface area contributed by atoms with Crippen molar-refractivity contribution in [3.63, 3.8) is 0 Å². The van der Waals surface area contributed by atoms with E-state index in [-0.39, 0.29) is 5.56 Å². The van der Waals surface area contributed by atoms with Crippen LogP contribution in [0.1, 0.15) is 16.1 Å². The normalized spacial score (nSPS) is 11.3. The van der Waals surface area contributed by atoms with E-state index >= 15 is 0 Å². The van der Waals surface area contributed by atoms with Crippen LogP contribution >= 0.6 is 0 Å². The summed E-state index contributed by atoms with van der Waals surface area (Å²) in [6.07, 6.45) is 1.50. The number of carboxylic acids is 1. The first-order valence-electron chi connectivity index (χ1n) is 9.78. The summed E-state index contributed by atoms with van der Waals surface area (Å²) in [6, 6.07) is 15.3. The molecule has 0 aliphatic rings. The fourth-order valence-corrected chi connectivity index (χ4v) is 3.96. The van der Waals surface area contributed by atoms with Gasteiger partial charge in [-0.1, -0.05) is 18.2 Å². The first-order valence-corrected chi connectivity index (χ1v) is 9.78. The quantitative estimate of drug-likeness (QED) is 0.457. The Morgan fingerprint density at radius 1 is 1.16 bits per heavy atom. The van der Waals surface area contributed by atoms with E-state index < -0.39 is 5.97 Å². The van der Waals surface area contributed by atoms with Gasteiger partial charge in [-0.3, -0.25) is 9.67 Å². The molecule has 4 heterocycles. The van der Waals surface area contributed by atoms with Gasteiger partial charge in [-0.05, 0) is 37.3 Å². The number of aromatic amines is 1. The second kappa shape index (κ2) is 6.94. The third-order valence-corrected chi connectivity index (χ3v) is 5.43. The molecule has 8 heteroatoms. The van der Waals surface area contributed by atoms with Gasteiger partial charge < -0.3 is 15.0 Å². The van der Waals surface area contributed by atoms with Gasteiger partial charge in [0.15, 0.2) is 0 Å². The summed E-state index contributed by atoms with van der Waals surface area (Å²) in [5.74, 6) is -0.155. The van der Waals surface area contributed by atoms with E-state index in [2.05, 4.69) is 15.0 Å². The van der Waals surface area contributed by atoms with Crippen molar-refractivity contribution in [2.75, 3.05) is 11.9 Å². The number of aryl methyl sites for hydroxylation is 2. The maximum atomic E-state index is 11.6. The molecular weight excluding hydrogens is 392 g/mol. The molecule has 31 heavy (non-hydrogen) atoms. The number of H-pyrrole nitrogens is 1. The van der Waals surface area contributed by atoms with Crippen LogP contribution in [0.3, 0.4) is 0 Å². The molecule has 0 bridgehead atoms. The Hall–Kier alpha value is -4.20. The third-order valence-electron chi connectivity index (χ3n) is 5.43. The molecule has 5 rings (SSSR count). The molecule has 0 spiro atoms. The van der Waals surface area contributed by atoms with Gasteiger partial charge in [0.05, 0.1) is 33.5 Å². The maximum absolute atomic E-state index is 11.6. The molecular formula is C23H20N6O2. The minimum absolute atomic E-state index is 0.183. The lowest BCUT2D eigenvalue weighted by atomic mass is 10.1. The number of anilines is 2. The zero-order valence-electron chi connectivity index (χ0n) is 17.3. The van der Waals surface area contributed by atoms with E-state index in [0.29, 0.717) is 11.0 Å². The highest BCUT2D eigenvalue weighted by Gasteiger charge is 2.20. The number of carbonyl (C=O) groups is 1. The number of benzene rings is 1. The van der Waals surface area contributed by atoms with Crippen molar-refractivity contribution in [2.45, 2.75) is 6.92 Å². The number of hydrogen-bond acceptors (Lipinski definition) is 5. The highest BCUT2D eigenvalue weighted by Crippen LogP contribution is 2.36. The molecule has 0 atom stereocenters. The Morgan fingerprint density at radius 3 is 2.74 bits per heavy atom. The van der Waals surface area contributed by atoms with Gasteiger partial charge in [-0.15, -0.1) is 0 Å². The molecule has 0 amide bonds. The van der Waals surface area contributed by atoms with E-state index in [1.165, 1.54) is 12.3 Å². The van der Waals surface area contributed by atoms with Crippen LogP contribution in [-0.4, -0.2) is 42.9 Å². The lowest BCUT2D eigenvalue weighted by molar-refractivity contribution is 0.0698. The highest BCUT2D eigenvalue weighted by molar-refractivity contribution is 6.05. The van der Waals surface area contributed by atoms with Gasteiger partial charge in [0.1, 0.15) is 11.5 Å². The molecule has 0 unspecified atom stereocenters. The Labute approximate surface area is 177 Å². The van der Waals surface area contributed by atoms with Crippen LogP contribution in [0.15, 0.2) is 54.7 Å². The smallest absolute Gasteiger partial charge is 0.337 e. The van der Waals surface area contributed by atoms with E-state index in [4.69, 9.17) is 5.10 Å². The van der Waals surface area contributed by atoms with Crippen molar-refractivity contribution in [3.05, 3.63) is 66.0 Å². The van der Waals surface area contributed by atoms with Crippen LogP contribution in [0.5, 0.6) is 0 Å². The summed E-state index contributed by atoms with van der Waals surface area (Å²) in [6.45, 7) is 1.97. The number of hydrogen-bond donors (Lipinski definition) is 2. The van der Waals surface area contributed by atoms with E-state index in [9.17, 15) is 9.90 Å². The van der Waals surface area contributed by atoms with Crippen molar-refractivity contribution in [3.8, 4) is 11.4 Å². The summed E-state index contributed by atoms with van der Waals surface area (Å²) in [5, 5.41) is 15.2. The fourth-order valence-electron chi connectivity index (χ4n) is 3.96. The number of para-hydroxylation sites is 1. The van der Waals surface area contributed by atoms with E-state index in [0.717, 1.165) is 39.5 Å². The fraction of sp³-hybridized carbons (Fsp3) is 0.130. The number of aromatic carboxylic acids is 1. The molecule has 5 aromatic rings. The van der Waals surface area contributed by atoms with Gasteiger partial charge in [0.2, 0.25) is 0 Å². The number of pyridine rings is 2. The average Bonchev–Trinajstić information content (AvgIpc) is 3.34. The number of fused-ring (bicyclic) bond motifs is 2. The predicted molar refractivity (Wildman–Crippen MR) is 120 cm³/mol. The van der Waals surface area contributed by atoms with Crippen molar-refractivity contribution < 1.29 is 9.90 Å². The number of carboxylic acid groups (broad SMARTS) is 1. The van der Waals surface area contributed by atoms with Gasteiger partial charge in [-0.2, -0.15) is 5.10 Å². The van der Waals surface area contributed by atoms with Crippen LogP contribution in [0, 0.1) is 6.92 Å². The summed E-state index contributed by atoms with van der Waals surface area (Å²) >= 11 is 0. The third kappa shape index (κ3) is 3.00. The molecule has 154 valence electrons. The van der Waals surface area contributed by atoms with Gasteiger partial charge in [0, 0.05) is 31.4 Å². The minimum atomic E-state index is -0.999. The van der Waals surface area contributed by atoms with Crippen LogP contribution in [0.25, 0.3) is 33.3 Å². The van der Waals surface area contributed by atoms with Crippen molar-refractivity contribution in [2.24, 2.45) is 7.05 Å². The largest absolute Gasteiger partial charge is 0.478 e. The van der Waals surface area contributed by atoms with Crippen LogP contribution in [0.2, 0.25) is 0 Å². The van der Waals surface area contributed by atoms with Crippen LogP contribution in [-0.2, 0) is 7.05 Å². The molecule has 4 aromatic heterocycles. The van der Waals surface area contributed by atoms with Gasteiger partial charge in [0.25, 0.3) is 0 Å². The van der Waals surface area contributed by atoms with Gasteiger partial charge in [-0.25, -0.2) is 9.78 Å². The standard InChI is InChI=1S/C23H20N6O2/c1-13-6-4-9-19(25-13)28(2)18-8-5-7-14-21(27-29(3)22(14)18)17-12-16-20(26-17)15(23(30)31)10-11-24-16/h4-12,26H,1-3H3,(H,30,31). The molecule has 2 N–H and O–H groups in total. The molecule has 0 fully saturated rings. The average molecular weight is 412 g/mol. The molecule has 1 aromatic carbocycles. The summed E-state index contributed by atoms with van der Waals surface area (Å²) in [7, 11) is 3.88. The van der Waals surface area contributed by atoms with E-state index in [1.54, 1.807) is 0 Å². The van der Waals surface area contributed by atoms with Crippen LogP contribution in [0.4, 0.5) is 11.5 Å². The second-order valence-electron chi connectivity index (χ2n) is 7.45. The lowest BCUT2D eigenvalue weighted by Crippen LogP contribution is -2.12. The van der Waals surface area contributed by atoms with Crippen molar-refractivity contribution in [1.82, 2.24) is 24.7 Å². The summed E-state index contributed by atoms with van der Waals surface area (Å²) < 4.78 is 1.84. The highest BCUT2D eigenvalue weighted by atomic mass is 16.4. The Balaban J connectivity index is 1.69. The molecule has 8 nitrogen and oxygen atoms in total. The molecule has 0 aliphatic carbocycles. The topological polar surface area (TPSA) is 99.9 Å². The zero-order valence-corrected chi connectivity index (χ0v) is 17.3. The number of rotatable bonds is 4.